The summed E-state index contributed by atoms with van der Waals surface area (Å²) >= 11 is 2.96. The van der Waals surface area contributed by atoms with Gasteiger partial charge in [-0.25, -0.2) is 9.78 Å². The summed E-state index contributed by atoms with van der Waals surface area (Å²) in [6.45, 7) is 0. The SMILES string of the molecule is O=C(O)c1cccnc1SCc1cncs1. The molecule has 0 aliphatic rings. The number of rotatable bonds is 4. The quantitative estimate of drug-likeness (QED) is 0.847. The lowest BCUT2D eigenvalue weighted by Gasteiger charge is -2.02. The Morgan fingerprint density at radius 1 is 1.56 bits per heavy atom. The fourth-order valence-electron chi connectivity index (χ4n) is 1.12. The molecule has 0 aliphatic heterocycles. The van der Waals surface area contributed by atoms with Crippen molar-refractivity contribution in [3.8, 4) is 0 Å². The lowest BCUT2D eigenvalue weighted by Crippen LogP contribution is -2.00. The van der Waals surface area contributed by atoms with E-state index in [1.807, 2.05) is 0 Å². The molecule has 0 spiro atoms. The summed E-state index contributed by atoms with van der Waals surface area (Å²) in [5, 5.41) is 9.50. The Balaban J connectivity index is 2.12. The van der Waals surface area contributed by atoms with Gasteiger partial charge >= 0.3 is 5.97 Å². The van der Waals surface area contributed by atoms with Gasteiger partial charge in [0.05, 0.1) is 11.1 Å². The van der Waals surface area contributed by atoms with E-state index in [0.717, 1.165) is 4.88 Å². The van der Waals surface area contributed by atoms with Gasteiger partial charge in [-0.05, 0) is 12.1 Å². The van der Waals surface area contributed by atoms with Gasteiger partial charge in [-0.15, -0.1) is 11.3 Å². The molecule has 82 valence electrons. The third kappa shape index (κ3) is 2.59. The number of pyridine rings is 1. The smallest absolute Gasteiger partial charge is 0.338 e. The van der Waals surface area contributed by atoms with Crippen LogP contribution in [0.5, 0.6) is 0 Å². The molecule has 2 heterocycles. The Kier molecular flexibility index (Phi) is 3.53. The first-order valence-electron chi connectivity index (χ1n) is 4.46. The molecule has 0 unspecified atom stereocenters. The van der Waals surface area contributed by atoms with Crippen molar-refractivity contribution in [1.82, 2.24) is 9.97 Å². The third-order valence-electron chi connectivity index (χ3n) is 1.84. The molecule has 1 N–H and O–H groups in total. The first kappa shape index (κ1) is 11.1. The summed E-state index contributed by atoms with van der Waals surface area (Å²) in [6, 6.07) is 3.19. The van der Waals surface area contributed by atoms with Crippen LogP contribution in [-0.4, -0.2) is 21.0 Å². The third-order valence-corrected chi connectivity index (χ3v) is 3.85. The maximum Gasteiger partial charge on any atom is 0.338 e. The normalized spacial score (nSPS) is 10.2. The summed E-state index contributed by atoms with van der Waals surface area (Å²) < 4.78 is 0. The molecule has 0 radical (unpaired) electrons. The Morgan fingerprint density at radius 2 is 2.44 bits per heavy atom. The molecular formula is C10H8N2O2S2. The molecule has 2 aromatic rings. The molecule has 0 bridgehead atoms. The largest absolute Gasteiger partial charge is 0.478 e. The maximum absolute atomic E-state index is 10.9. The van der Waals surface area contributed by atoms with Crippen LogP contribution < -0.4 is 0 Å². The van der Waals surface area contributed by atoms with Crippen molar-refractivity contribution >= 4 is 29.1 Å². The van der Waals surface area contributed by atoms with Crippen LogP contribution in [0.4, 0.5) is 0 Å². The van der Waals surface area contributed by atoms with E-state index in [0.29, 0.717) is 10.8 Å². The van der Waals surface area contributed by atoms with Crippen LogP contribution in [0.2, 0.25) is 0 Å². The van der Waals surface area contributed by atoms with Crippen molar-refractivity contribution in [3.63, 3.8) is 0 Å². The van der Waals surface area contributed by atoms with Gasteiger partial charge in [-0.3, -0.25) is 4.98 Å². The fourth-order valence-corrected chi connectivity index (χ4v) is 2.75. The molecule has 2 rings (SSSR count). The van der Waals surface area contributed by atoms with E-state index in [2.05, 4.69) is 9.97 Å². The van der Waals surface area contributed by atoms with E-state index in [1.165, 1.54) is 11.8 Å². The monoisotopic (exact) mass is 252 g/mol. The van der Waals surface area contributed by atoms with Crippen LogP contribution in [0.1, 0.15) is 15.2 Å². The summed E-state index contributed by atoms with van der Waals surface area (Å²) in [6.07, 6.45) is 3.38. The average molecular weight is 252 g/mol. The van der Waals surface area contributed by atoms with Gasteiger partial charge in [0.25, 0.3) is 0 Å². The molecule has 4 nitrogen and oxygen atoms in total. The standard InChI is InChI=1S/C10H8N2O2S2/c13-10(14)8-2-1-3-12-9(8)15-5-7-4-11-6-16-7/h1-4,6H,5H2,(H,13,14). The number of carboxylic acid groups (broad SMARTS) is 1. The van der Waals surface area contributed by atoms with E-state index in [-0.39, 0.29) is 5.56 Å². The van der Waals surface area contributed by atoms with Gasteiger partial charge in [0, 0.05) is 23.0 Å². The first-order valence-corrected chi connectivity index (χ1v) is 6.32. The van der Waals surface area contributed by atoms with Crippen LogP contribution in [0.25, 0.3) is 0 Å². The van der Waals surface area contributed by atoms with Crippen molar-refractivity contribution in [3.05, 3.63) is 40.5 Å². The molecule has 0 aromatic carbocycles. The van der Waals surface area contributed by atoms with Gasteiger partial charge in [-0.2, -0.15) is 0 Å². The molecule has 2 aromatic heterocycles. The first-order chi connectivity index (χ1) is 7.77. The highest BCUT2D eigenvalue weighted by atomic mass is 32.2. The number of carbonyl (C=O) groups is 1. The van der Waals surface area contributed by atoms with Crippen LogP contribution in [0.15, 0.2) is 35.1 Å². The summed E-state index contributed by atoms with van der Waals surface area (Å²) in [4.78, 5) is 20.0. The highest BCUT2D eigenvalue weighted by Crippen LogP contribution is 2.25. The van der Waals surface area contributed by atoms with Crippen molar-refractivity contribution in [2.45, 2.75) is 10.8 Å². The van der Waals surface area contributed by atoms with E-state index >= 15 is 0 Å². The average Bonchev–Trinajstić information content (AvgIpc) is 2.79. The summed E-state index contributed by atoms with van der Waals surface area (Å²) in [5.74, 6) is -0.248. The zero-order chi connectivity index (χ0) is 11.4. The Morgan fingerprint density at radius 3 is 3.12 bits per heavy atom. The number of thioether (sulfide) groups is 1. The van der Waals surface area contributed by atoms with Gasteiger partial charge in [-0.1, -0.05) is 11.8 Å². The number of carboxylic acids is 1. The van der Waals surface area contributed by atoms with E-state index in [9.17, 15) is 4.79 Å². The molecular weight excluding hydrogens is 244 g/mol. The number of hydrogen-bond acceptors (Lipinski definition) is 5. The van der Waals surface area contributed by atoms with Gasteiger partial charge in [0.1, 0.15) is 5.03 Å². The van der Waals surface area contributed by atoms with Crippen LogP contribution >= 0.6 is 23.1 Å². The Hall–Kier alpha value is -1.40. The van der Waals surface area contributed by atoms with Crippen LogP contribution in [0.3, 0.4) is 0 Å². The zero-order valence-corrected chi connectivity index (χ0v) is 9.79. The molecule has 0 amide bonds. The second kappa shape index (κ2) is 5.09. The minimum absolute atomic E-state index is 0.247. The molecule has 0 aliphatic carbocycles. The minimum atomic E-state index is -0.945. The number of nitrogens with zero attached hydrogens (tertiary/aromatic N) is 2. The number of thiazole rings is 1. The van der Waals surface area contributed by atoms with Crippen molar-refractivity contribution in [2.24, 2.45) is 0 Å². The molecule has 6 heteroatoms. The number of hydrogen-bond donors (Lipinski definition) is 1. The zero-order valence-electron chi connectivity index (χ0n) is 8.16. The second-order valence-corrected chi connectivity index (χ2v) is 4.85. The molecule has 16 heavy (non-hydrogen) atoms. The van der Waals surface area contributed by atoms with E-state index < -0.39 is 5.97 Å². The van der Waals surface area contributed by atoms with E-state index in [4.69, 9.17) is 5.11 Å². The fraction of sp³-hybridized carbons (Fsp3) is 0.100. The maximum atomic E-state index is 10.9. The topological polar surface area (TPSA) is 63.1 Å². The van der Waals surface area contributed by atoms with Crippen molar-refractivity contribution in [1.29, 1.82) is 0 Å². The second-order valence-electron chi connectivity index (χ2n) is 2.92. The number of aromatic nitrogens is 2. The molecule has 0 fully saturated rings. The van der Waals surface area contributed by atoms with Crippen LogP contribution in [-0.2, 0) is 5.75 Å². The van der Waals surface area contributed by atoms with E-state index in [1.54, 1.807) is 41.4 Å². The number of aromatic carboxylic acids is 1. The highest BCUT2D eigenvalue weighted by molar-refractivity contribution is 7.98. The van der Waals surface area contributed by atoms with Crippen LogP contribution in [0, 0.1) is 0 Å². The lowest BCUT2D eigenvalue weighted by molar-refractivity contribution is 0.0692. The Bertz CT molecular complexity index is 485. The molecule has 0 saturated heterocycles. The summed E-state index contributed by atoms with van der Waals surface area (Å²) in [5.41, 5.74) is 2.00. The lowest BCUT2D eigenvalue weighted by atomic mass is 10.3. The van der Waals surface area contributed by atoms with Crippen molar-refractivity contribution < 1.29 is 9.90 Å². The molecule has 0 saturated carbocycles. The predicted molar refractivity (Wildman–Crippen MR) is 62.9 cm³/mol. The highest BCUT2D eigenvalue weighted by Gasteiger charge is 2.11. The van der Waals surface area contributed by atoms with Gasteiger partial charge in [0.15, 0.2) is 0 Å². The molecule has 0 atom stereocenters. The van der Waals surface area contributed by atoms with Gasteiger partial charge in [0.2, 0.25) is 0 Å². The minimum Gasteiger partial charge on any atom is -0.478 e. The summed E-state index contributed by atoms with van der Waals surface area (Å²) in [7, 11) is 0. The van der Waals surface area contributed by atoms with Crippen molar-refractivity contribution in [2.75, 3.05) is 0 Å². The van der Waals surface area contributed by atoms with Gasteiger partial charge < -0.3 is 5.11 Å². The Labute approximate surface area is 100 Å². The predicted octanol–water partition coefficient (Wildman–Crippen LogP) is 2.53.